The maximum atomic E-state index is 11.9. The van der Waals surface area contributed by atoms with Gasteiger partial charge >= 0.3 is 6.03 Å². The Morgan fingerprint density at radius 1 is 1.20 bits per heavy atom. The molecule has 2 rings (SSSR count). The lowest BCUT2D eigenvalue weighted by molar-refractivity contribution is -0.108. The second-order valence-corrected chi connectivity index (χ2v) is 4.38. The molecule has 84 valence electrons. The van der Waals surface area contributed by atoms with E-state index in [4.69, 9.17) is 0 Å². The molecule has 0 bridgehead atoms. The number of nitrogens with zero attached hydrogens (tertiary/aromatic N) is 2. The maximum absolute atomic E-state index is 11.9. The average Bonchev–Trinajstić information content (AvgIpc) is 2.63. The van der Waals surface area contributed by atoms with Crippen LogP contribution >= 0.6 is 0 Å². The molecule has 0 aromatic carbocycles. The summed E-state index contributed by atoms with van der Waals surface area (Å²) in [5.74, 6) is 0. The van der Waals surface area contributed by atoms with Crippen molar-refractivity contribution < 1.29 is 9.59 Å². The van der Waals surface area contributed by atoms with Crippen LogP contribution in [0, 0.1) is 0 Å². The molecular weight excluding hydrogens is 192 g/mol. The van der Waals surface area contributed by atoms with Crippen molar-refractivity contribution in [3.63, 3.8) is 0 Å². The molecule has 0 radical (unpaired) electrons. The fourth-order valence-corrected chi connectivity index (χ4v) is 2.59. The van der Waals surface area contributed by atoms with Gasteiger partial charge in [-0.1, -0.05) is 19.3 Å². The lowest BCUT2D eigenvalue weighted by atomic mass is 9.94. The number of rotatable bonds is 3. The van der Waals surface area contributed by atoms with Gasteiger partial charge in [-0.05, 0) is 12.8 Å². The van der Waals surface area contributed by atoms with E-state index in [1.54, 1.807) is 4.90 Å². The van der Waals surface area contributed by atoms with E-state index >= 15 is 0 Å². The zero-order valence-electron chi connectivity index (χ0n) is 9.02. The van der Waals surface area contributed by atoms with Crippen LogP contribution in [-0.4, -0.2) is 47.8 Å². The Kier molecular flexibility index (Phi) is 3.23. The summed E-state index contributed by atoms with van der Waals surface area (Å²) in [5, 5.41) is 0. The molecule has 0 spiro atoms. The fourth-order valence-electron chi connectivity index (χ4n) is 2.59. The molecule has 1 aliphatic heterocycles. The number of urea groups is 1. The topological polar surface area (TPSA) is 40.6 Å². The van der Waals surface area contributed by atoms with Crippen molar-refractivity contribution in [3.8, 4) is 0 Å². The number of aldehydes is 1. The molecule has 4 heteroatoms. The number of carbonyl (C=O) groups excluding carboxylic acids is 2. The van der Waals surface area contributed by atoms with Gasteiger partial charge in [0.1, 0.15) is 6.29 Å². The third kappa shape index (κ3) is 2.13. The van der Waals surface area contributed by atoms with E-state index in [1.807, 2.05) is 4.90 Å². The van der Waals surface area contributed by atoms with E-state index in [9.17, 15) is 9.59 Å². The van der Waals surface area contributed by atoms with E-state index in [-0.39, 0.29) is 12.6 Å². The lowest BCUT2D eigenvalue weighted by Crippen LogP contribution is -2.40. The van der Waals surface area contributed by atoms with Gasteiger partial charge in [0, 0.05) is 19.1 Å². The van der Waals surface area contributed by atoms with Gasteiger partial charge in [0.25, 0.3) is 0 Å². The first-order valence-electron chi connectivity index (χ1n) is 5.82. The van der Waals surface area contributed by atoms with Gasteiger partial charge in [0.15, 0.2) is 0 Å². The van der Waals surface area contributed by atoms with Crippen LogP contribution in [0.2, 0.25) is 0 Å². The average molecular weight is 210 g/mol. The minimum atomic E-state index is 0.0639. The molecule has 4 nitrogen and oxygen atoms in total. The van der Waals surface area contributed by atoms with Crippen molar-refractivity contribution in [2.24, 2.45) is 0 Å². The Labute approximate surface area is 90.2 Å². The molecular formula is C11H18N2O2. The zero-order chi connectivity index (χ0) is 10.7. The van der Waals surface area contributed by atoms with Gasteiger partial charge in [0.2, 0.25) is 0 Å². The molecule has 0 unspecified atom stereocenters. The third-order valence-corrected chi connectivity index (χ3v) is 3.44. The van der Waals surface area contributed by atoms with Crippen LogP contribution in [0.1, 0.15) is 32.1 Å². The summed E-state index contributed by atoms with van der Waals surface area (Å²) in [6, 6.07) is 0.497. The van der Waals surface area contributed by atoms with Crippen molar-refractivity contribution in [1.29, 1.82) is 0 Å². The summed E-state index contributed by atoms with van der Waals surface area (Å²) < 4.78 is 0. The number of amides is 2. The summed E-state index contributed by atoms with van der Waals surface area (Å²) in [4.78, 5) is 25.9. The van der Waals surface area contributed by atoms with E-state index < -0.39 is 0 Å². The summed E-state index contributed by atoms with van der Waals surface area (Å²) in [7, 11) is 0. The van der Waals surface area contributed by atoms with Gasteiger partial charge in [-0.25, -0.2) is 4.79 Å². The van der Waals surface area contributed by atoms with Crippen molar-refractivity contribution >= 4 is 12.3 Å². The predicted molar refractivity (Wildman–Crippen MR) is 56.6 cm³/mol. The van der Waals surface area contributed by atoms with Crippen molar-refractivity contribution in [1.82, 2.24) is 9.80 Å². The maximum Gasteiger partial charge on any atom is 0.320 e. The molecule has 1 saturated carbocycles. The quantitative estimate of drug-likeness (QED) is 0.658. The standard InChI is InChI=1S/C11H18N2O2/c14-9-8-12-6-7-13(11(12)15)10-4-2-1-3-5-10/h9-10H,1-8H2. The Morgan fingerprint density at radius 2 is 1.93 bits per heavy atom. The van der Waals surface area contributed by atoms with Gasteiger partial charge in [-0.2, -0.15) is 0 Å². The van der Waals surface area contributed by atoms with Crippen LogP contribution in [0.15, 0.2) is 0 Å². The Bertz CT molecular complexity index is 249. The lowest BCUT2D eigenvalue weighted by Gasteiger charge is -2.30. The van der Waals surface area contributed by atoms with Crippen LogP contribution in [-0.2, 0) is 4.79 Å². The predicted octanol–water partition coefficient (Wildman–Crippen LogP) is 1.26. The molecule has 0 aromatic rings. The number of hydrogen-bond acceptors (Lipinski definition) is 2. The van der Waals surface area contributed by atoms with Gasteiger partial charge in [0.05, 0.1) is 6.54 Å². The van der Waals surface area contributed by atoms with E-state index in [0.29, 0.717) is 12.6 Å². The first-order chi connectivity index (χ1) is 7.33. The number of carbonyl (C=O) groups is 2. The summed E-state index contributed by atoms with van der Waals surface area (Å²) >= 11 is 0. The summed E-state index contributed by atoms with van der Waals surface area (Å²) in [6.45, 7) is 1.77. The molecule has 2 fully saturated rings. The molecule has 15 heavy (non-hydrogen) atoms. The zero-order valence-corrected chi connectivity index (χ0v) is 9.02. The second-order valence-electron chi connectivity index (χ2n) is 4.38. The molecule has 1 heterocycles. The van der Waals surface area contributed by atoms with E-state index in [2.05, 4.69) is 0 Å². The summed E-state index contributed by atoms with van der Waals surface area (Å²) in [5.41, 5.74) is 0. The molecule has 2 amide bonds. The molecule has 0 atom stereocenters. The fraction of sp³-hybridized carbons (Fsp3) is 0.818. The Balaban J connectivity index is 1.93. The molecule has 0 N–H and O–H groups in total. The highest BCUT2D eigenvalue weighted by Crippen LogP contribution is 2.25. The first-order valence-corrected chi connectivity index (χ1v) is 5.82. The Hall–Kier alpha value is -1.06. The van der Waals surface area contributed by atoms with Crippen LogP contribution < -0.4 is 0 Å². The second kappa shape index (κ2) is 4.64. The third-order valence-electron chi connectivity index (χ3n) is 3.44. The van der Waals surface area contributed by atoms with Crippen LogP contribution in [0.5, 0.6) is 0 Å². The van der Waals surface area contributed by atoms with Crippen molar-refractivity contribution in [2.45, 2.75) is 38.1 Å². The molecule has 2 aliphatic rings. The van der Waals surface area contributed by atoms with Gasteiger partial charge < -0.3 is 14.6 Å². The van der Waals surface area contributed by atoms with Crippen molar-refractivity contribution in [2.75, 3.05) is 19.6 Å². The van der Waals surface area contributed by atoms with Crippen molar-refractivity contribution in [3.05, 3.63) is 0 Å². The monoisotopic (exact) mass is 210 g/mol. The normalized spacial score (nSPS) is 23.6. The largest absolute Gasteiger partial charge is 0.320 e. The van der Waals surface area contributed by atoms with Crippen LogP contribution in [0.4, 0.5) is 4.79 Å². The minimum Gasteiger partial charge on any atom is -0.320 e. The van der Waals surface area contributed by atoms with Gasteiger partial charge in [-0.3, -0.25) is 0 Å². The highest BCUT2D eigenvalue weighted by molar-refractivity contribution is 5.79. The molecule has 1 aliphatic carbocycles. The van der Waals surface area contributed by atoms with E-state index in [0.717, 1.165) is 25.7 Å². The van der Waals surface area contributed by atoms with E-state index in [1.165, 1.54) is 19.3 Å². The SMILES string of the molecule is O=CCN1CCN(C2CCCCC2)C1=O. The highest BCUT2D eigenvalue weighted by atomic mass is 16.2. The summed E-state index contributed by atoms with van der Waals surface area (Å²) in [6.07, 6.45) is 6.87. The molecule has 1 saturated heterocycles. The minimum absolute atomic E-state index is 0.0639. The molecule has 0 aromatic heterocycles. The smallest absolute Gasteiger partial charge is 0.320 e. The van der Waals surface area contributed by atoms with Crippen LogP contribution in [0.3, 0.4) is 0 Å². The first kappa shape index (κ1) is 10.5. The highest BCUT2D eigenvalue weighted by Gasteiger charge is 2.33. The van der Waals surface area contributed by atoms with Gasteiger partial charge in [-0.15, -0.1) is 0 Å². The van der Waals surface area contributed by atoms with Crippen LogP contribution in [0.25, 0.3) is 0 Å². The number of hydrogen-bond donors (Lipinski definition) is 0. The Morgan fingerprint density at radius 3 is 2.60 bits per heavy atom.